The van der Waals surface area contributed by atoms with Gasteiger partial charge in [-0.3, -0.25) is 4.57 Å². The van der Waals surface area contributed by atoms with Crippen molar-refractivity contribution in [3.63, 3.8) is 0 Å². The van der Waals surface area contributed by atoms with Crippen molar-refractivity contribution >= 4 is 28.4 Å². The van der Waals surface area contributed by atoms with Gasteiger partial charge in [0.05, 0.1) is 10.2 Å². The Bertz CT molecular complexity index is 546. The van der Waals surface area contributed by atoms with E-state index < -0.39 is 36.3 Å². The van der Waals surface area contributed by atoms with E-state index in [4.69, 9.17) is 15.6 Å². The number of aliphatic hydroxyl groups is 3. The molecule has 1 saturated heterocycles. The smallest absolute Gasteiger partial charge is 0.351 e. The van der Waals surface area contributed by atoms with Gasteiger partial charge in [0.15, 0.2) is 6.23 Å². The second-order valence-corrected chi connectivity index (χ2v) is 5.71. The van der Waals surface area contributed by atoms with Crippen molar-refractivity contribution < 1.29 is 20.1 Å². The van der Waals surface area contributed by atoms with E-state index in [2.05, 4.69) is 4.98 Å². The summed E-state index contributed by atoms with van der Waals surface area (Å²) in [4.78, 5) is 15.4. The van der Waals surface area contributed by atoms with Crippen LogP contribution in [-0.2, 0) is 4.74 Å². The molecule has 0 aromatic carbocycles. The Morgan fingerprint density at radius 3 is 2.84 bits per heavy atom. The molecule has 0 radical (unpaired) electrons. The molecule has 2 heterocycles. The quantitative estimate of drug-likeness (QED) is 0.454. The molecule has 1 fully saturated rings. The molecule has 106 valence electrons. The lowest BCUT2D eigenvalue weighted by Crippen LogP contribution is -2.46. The molecular weight excluding hydrogens is 369 g/mol. The fourth-order valence-electron chi connectivity index (χ4n) is 2.02. The molecule has 5 N–H and O–H groups in total. The lowest BCUT2D eigenvalue weighted by molar-refractivity contribution is -0.0987. The Balaban J connectivity index is 2.48. The number of halogens is 1. The molecule has 4 atom stereocenters. The maximum atomic E-state index is 11.8. The van der Waals surface area contributed by atoms with E-state index in [9.17, 15) is 15.0 Å². The van der Waals surface area contributed by atoms with Crippen LogP contribution in [0.25, 0.3) is 0 Å². The number of aromatic nitrogens is 2. The minimum atomic E-state index is -1.72. The van der Waals surface area contributed by atoms with Gasteiger partial charge in [-0.1, -0.05) is 0 Å². The predicted octanol–water partition coefficient (Wildman–Crippen LogP) is -1.57. The van der Waals surface area contributed by atoms with E-state index >= 15 is 0 Å². The Morgan fingerprint density at radius 1 is 1.68 bits per heavy atom. The van der Waals surface area contributed by atoms with Crippen LogP contribution >= 0.6 is 22.6 Å². The molecule has 1 aliphatic rings. The van der Waals surface area contributed by atoms with Gasteiger partial charge in [-0.05, 0) is 29.5 Å². The average Bonchev–Trinajstić information content (AvgIpc) is 2.56. The zero-order chi connectivity index (χ0) is 14.4. The summed E-state index contributed by atoms with van der Waals surface area (Å²) in [5.41, 5.74) is 3.09. The second-order valence-electron chi connectivity index (χ2n) is 4.54. The highest BCUT2D eigenvalue weighted by Crippen LogP contribution is 2.37. The Morgan fingerprint density at radius 2 is 2.32 bits per heavy atom. The van der Waals surface area contributed by atoms with E-state index in [0.717, 1.165) is 4.57 Å². The van der Waals surface area contributed by atoms with Crippen LogP contribution in [0.3, 0.4) is 0 Å². The van der Waals surface area contributed by atoms with Crippen molar-refractivity contribution in [1.29, 1.82) is 0 Å². The number of ether oxygens (including phenoxy) is 1. The summed E-state index contributed by atoms with van der Waals surface area (Å²) in [5.74, 6) is 0.0822. The lowest BCUT2D eigenvalue weighted by Gasteiger charge is -2.27. The first-order valence-electron chi connectivity index (χ1n) is 5.50. The molecule has 0 saturated carbocycles. The highest BCUT2D eigenvalue weighted by atomic mass is 127. The highest BCUT2D eigenvalue weighted by Gasteiger charge is 2.53. The third-order valence-electron chi connectivity index (χ3n) is 3.12. The van der Waals surface area contributed by atoms with Crippen LogP contribution in [-0.4, -0.2) is 49.3 Å². The lowest BCUT2D eigenvalue weighted by atomic mass is 9.96. The molecule has 19 heavy (non-hydrogen) atoms. The van der Waals surface area contributed by atoms with Crippen LogP contribution in [0.1, 0.15) is 13.2 Å². The minimum absolute atomic E-state index is 0.0822. The molecule has 0 amide bonds. The summed E-state index contributed by atoms with van der Waals surface area (Å²) in [5, 5.41) is 29.2. The standard InChI is InChI=1S/C10H14IN3O5/c1-10(18)6(16)5(3-15)19-8(10)14-2-4(11)7(12)13-9(14)17/h2,5-6,8,15-16,18H,3H2,1H3,(H2,12,13,17)/t5-,6?,8-,10+/m1/s1. The van der Waals surface area contributed by atoms with Gasteiger partial charge < -0.3 is 25.8 Å². The summed E-state index contributed by atoms with van der Waals surface area (Å²) in [6.07, 6.45) is -2.04. The van der Waals surface area contributed by atoms with Crippen LogP contribution in [0, 0.1) is 3.57 Å². The van der Waals surface area contributed by atoms with Crippen molar-refractivity contribution in [2.75, 3.05) is 12.3 Å². The molecule has 1 aromatic rings. The van der Waals surface area contributed by atoms with Gasteiger partial charge in [0.25, 0.3) is 0 Å². The Labute approximate surface area is 122 Å². The summed E-state index contributed by atoms with van der Waals surface area (Å²) >= 11 is 1.89. The zero-order valence-corrected chi connectivity index (χ0v) is 12.2. The van der Waals surface area contributed by atoms with E-state index in [1.54, 1.807) is 0 Å². The normalized spacial score (nSPS) is 34.7. The number of anilines is 1. The zero-order valence-electron chi connectivity index (χ0n) is 10.0. The van der Waals surface area contributed by atoms with Crippen LogP contribution in [0.2, 0.25) is 0 Å². The second kappa shape index (κ2) is 4.98. The van der Waals surface area contributed by atoms with E-state index in [0.29, 0.717) is 3.57 Å². The topological polar surface area (TPSA) is 131 Å². The van der Waals surface area contributed by atoms with Crippen LogP contribution in [0.4, 0.5) is 5.82 Å². The van der Waals surface area contributed by atoms with Crippen LogP contribution in [0.15, 0.2) is 11.0 Å². The first-order chi connectivity index (χ1) is 8.78. The van der Waals surface area contributed by atoms with Crippen molar-refractivity contribution in [2.24, 2.45) is 0 Å². The van der Waals surface area contributed by atoms with Crippen molar-refractivity contribution in [3.8, 4) is 0 Å². The Kier molecular flexibility index (Phi) is 3.84. The average molecular weight is 383 g/mol. The van der Waals surface area contributed by atoms with E-state index in [-0.39, 0.29) is 5.82 Å². The summed E-state index contributed by atoms with van der Waals surface area (Å²) in [7, 11) is 0. The molecule has 2 rings (SSSR count). The van der Waals surface area contributed by atoms with Crippen molar-refractivity contribution in [1.82, 2.24) is 9.55 Å². The number of nitrogen functional groups attached to an aromatic ring is 1. The largest absolute Gasteiger partial charge is 0.394 e. The van der Waals surface area contributed by atoms with Crippen molar-refractivity contribution in [3.05, 3.63) is 20.3 Å². The fraction of sp³-hybridized carbons (Fsp3) is 0.600. The first-order valence-corrected chi connectivity index (χ1v) is 6.57. The maximum Gasteiger partial charge on any atom is 0.351 e. The third-order valence-corrected chi connectivity index (χ3v) is 3.95. The predicted molar refractivity (Wildman–Crippen MR) is 73.3 cm³/mol. The van der Waals surface area contributed by atoms with E-state index in [1.807, 2.05) is 22.6 Å². The Hall–Kier alpha value is -0.750. The molecular formula is C10H14IN3O5. The van der Waals surface area contributed by atoms with Gasteiger partial charge in [0.2, 0.25) is 0 Å². The van der Waals surface area contributed by atoms with Gasteiger partial charge in [0.1, 0.15) is 23.6 Å². The summed E-state index contributed by atoms with van der Waals surface area (Å²) in [6.45, 7) is 0.857. The molecule has 9 heteroatoms. The molecule has 1 aliphatic heterocycles. The maximum absolute atomic E-state index is 11.8. The number of rotatable bonds is 2. The number of nitrogens with zero attached hydrogens (tertiary/aromatic N) is 2. The first kappa shape index (κ1) is 14.7. The summed E-state index contributed by atoms with van der Waals surface area (Å²) < 4.78 is 6.89. The summed E-state index contributed by atoms with van der Waals surface area (Å²) in [6, 6.07) is 0. The number of hydrogen-bond donors (Lipinski definition) is 4. The van der Waals surface area contributed by atoms with Gasteiger partial charge in [-0.15, -0.1) is 0 Å². The molecule has 1 aromatic heterocycles. The molecule has 0 aliphatic carbocycles. The fourth-order valence-corrected chi connectivity index (χ4v) is 2.44. The number of nitrogens with two attached hydrogens (primary N) is 1. The van der Waals surface area contributed by atoms with Crippen LogP contribution in [0.5, 0.6) is 0 Å². The van der Waals surface area contributed by atoms with Crippen LogP contribution < -0.4 is 11.4 Å². The highest BCUT2D eigenvalue weighted by molar-refractivity contribution is 14.1. The molecule has 0 spiro atoms. The molecule has 0 bridgehead atoms. The molecule has 1 unspecified atom stereocenters. The third kappa shape index (κ3) is 2.36. The number of aliphatic hydroxyl groups excluding tert-OH is 2. The van der Waals surface area contributed by atoms with E-state index in [1.165, 1.54) is 13.1 Å². The minimum Gasteiger partial charge on any atom is -0.394 e. The molecule has 8 nitrogen and oxygen atoms in total. The number of hydrogen-bond acceptors (Lipinski definition) is 7. The van der Waals surface area contributed by atoms with Gasteiger partial charge in [0, 0.05) is 6.20 Å². The SMILES string of the molecule is C[C@]1(O)C(O)[C@@H](CO)O[C@H]1n1cc(I)c(N)nc1=O. The monoisotopic (exact) mass is 383 g/mol. The van der Waals surface area contributed by atoms with Gasteiger partial charge in [-0.25, -0.2) is 4.79 Å². The van der Waals surface area contributed by atoms with Gasteiger partial charge in [-0.2, -0.15) is 4.98 Å². The van der Waals surface area contributed by atoms with Gasteiger partial charge >= 0.3 is 5.69 Å². The van der Waals surface area contributed by atoms with Crippen molar-refractivity contribution in [2.45, 2.75) is 31.0 Å².